The van der Waals surface area contributed by atoms with Gasteiger partial charge < -0.3 is 4.90 Å². The van der Waals surface area contributed by atoms with Crippen LogP contribution < -0.4 is 15.8 Å². The van der Waals surface area contributed by atoms with Gasteiger partial charge in [0, 0.05) is 29.4 Å². The van der Waals surface area contributed by atoms with Crippen LogP contribution in [-0.2, 0) is 5.41 Å². The van der Waals surface area contributed by atoms with E-state index in [1.165, 1.54) is 17.3 Å². The lowest BCUT2D eigenvalue weighted by Gasteiger charge is -2.24. The van der Waals surface area contributed by atoms with E-state index in [4.69, 9.17) is 0 Å². The van der Waals surface area contributed by atoms with Gasteiger partial charge >= 0.3 is 0 Å². The summed E-state index contributed by atoms with van der Waals surface area (Å²) in [4.78, 5) is 26.4. The molecule has 0 atom stereocenters. The third kappa shape index (κ3) is 1.97. The molecule has 22 heavy (non-hydrogen) atoms. The standard InChI is InChI=1S/C18H19NO2S/c1-5-22-17-11(15(20)16(17)21)10-14-18(2,3)12-8-6-7-9-13(12)19(14)4/h6-10H,5H2,1-4H3/b14-10-. The van der Waals surface area contributed by atoms with Crippen LogP contribution in [0, 0.1) is 0 Å². The molecule has 0 fully saturated rings. The van der Waals surface area contributed by atoms with Crippen molar-refractivity contribution >= 4 is 23.5 Å². The van der Waals surface area contributed by atoms with E-state index in [1.54, 1.807) is 0 Å². The second-order valence-electron chi connectivity index (χ2n) is 6.06. The maximum Gasteiger partial charge on any atom is 0.240 e. The van der Waals surface area contributed by atoms with E-state index >= 15 is 0 Å². The molecule has 1 heterocycles. The predicted molar refractivity (Wildman–Crippen MR) is 93.6 cm³/mol. The highest BCUT2D eigenvalue weighted by atomic mass is 32.2. The van der Waals surface area contributed by atoms with Gasteiger partial charge in [0.1, 0.15) is 0 Å². The number of fused-ring (bicyclic) bond motifs is 1. The number of allylic oxidation sites excluding steroid dienone is 1. The number of hydrogen-bond acceptors (Lipinski definition) is 4. The Hall–Kier alpha value is -1.81. The van der Waals surface area contributed by atoms with Crippen molar-refractivity contribution in [1.29, 1.82) is 0 Å². The Kier molecular flexibility index (Phi) is 3.52. The van der Waals surface area contributed by atoms with Crippen molar-refractivity contribution in [3.05, 3.63) is 61.5 Å². The average Bonchev–Trinajstić information content (AvgIpc) is 2.71. The summed E-state index contributed by atoms with van der Waals surface area (Å²) in [5, 5.41) is 0. The predicted octanol–water partition coefficient (Wildman–Crippen LogP) is 3.16. The van der Waals surface area contributed by atoms with E-state index < -0.39 is 0 Å². The van der Waals surface area contributed by atoms with Gasteiger partial charge in [-0.1, -0.05) is 39.0 Å². The molecule has 4 heteroatoms. The fourth-order valence-electron chi connectivity index (χ4n) is 3.20. The van der Waals surface area contributed by atoms with Crippen molar-refractivity contribution in [2.75, 3.05) is 17.7 Å². The molecule has 2 aromatic carbocycles. The minimum Gasteiger partial charge on any atom is -0.347 e. The van der Waals surface area contributed by atoms with Crippen LogP contribution in [0.25, 0.3) is 6.08 Å². The molecule has 0 radical (unpaired) electrons. The molecule has 3 nitrogen and oxygen atoms in total. The zero-order valence-electron chi connectivity index (χ0n) is 13.3. The van der Waals surface area contributed by atoms with E-state index in [1.807, 2.05) is 32.2 Å². The van der Waals surface area contributed by atoms with Gasteiger partial charge in [-0.15, -0.1) is 11.8 Å². The average molecular weight is 313 g/mol. The smallest absolute Gasteiger partial charge is 0.240 e. The van der Waals surface area contributed by atoms with E-state index in [-0.39, 0.29) is 16.3 Å². The maximum absolute atomic E-state index is 11.9. The Morgan fingerprint density at radius 3 is 2.50 bits per heavy atom. The van der Waals surface area contributed by atoms with Crippen molar-refractivity contribution in [2.45, 2.75) is 31.1 Å². The molecule has 0 amide bonds. The van der Waals surface area contributed by atoms with Crippen LogP contribution >= 0.6 is 11.8 Å². The van der Waals surface area contributed by atoms with E-state index in [9.17, 15) is 9.59 Å². The van der Waals surface area contributed by atoms with Crippen LogP contribution in [0.4, 0.5) is 5.69 Å². The maximum atomic E-state index is 11.9. The van der Waals surface area contributed by atoms with Crippen LogP contribution in [0.1, 0.15) is 31.9 Å². The summed E-state index contributed by atoms with van der Waals surface area (Å²) in [6.45, 7) is 6.29. The fraction of sp³-hybridized carbons (Fsp3) is 0.333. The normalized spacial score (nSPS) is 18.2. The summed E-state index contributed by atoms with van der Waals surface area (Å²) in [6, 6.07) is 8.26. The zero-order valence-corrected chi connectivity index (χ0v) is 14.1. The van der Waals surface area contributed by atoms with Crippen LogP contribution in [0.2, 0.25) is 0 Å². The molecular weight excluding hydrogens is 294 g/mol. The Morgan fingerprint density at radius 2 is 1.86 bits per heavy atom. The number of benzene rings is 1. The third-order valence-corrected chi connectivity index (χ3v) is 5.39. The second kappa shape index (κ2) is 5.13. The van der Waals surface area contributed by atoms with Crippen LogP contribution in [-0.4, -0.2) is 12.8 Å². The van der Waals surface area contributed by atoms with Gasteiger partial charge in [-0.2, -0.15) is 0 Å². The van der Waals surface area contributed by atoms with Gasteiger partial charge in [-0.3, -0.25) is 9.59 Å². The highest BCUT2D eigenvalue weighted by molar-refractivity contribution is 7.99. The number of rotatable bonds is 3. The van der Waals surface area contributed by atoms with Gasteiger partial charge in [0.15, 0.2) is 0 Å². The number of para-hydroxylation sites is 1. The summed E-state index contributed by atoms with van der Waals surface area (Å²) in [7, 11) is 2.01. The number of hydrogen-bond donors (Lipinski definition) is 0. The molecule has 0 saturated heterocycles. The lowest BCUT2D eigenvalue weighted by molar-refractivity contribution is 0.644. The van der Waals surface area contributed by atoms with E-state index in [0.29, 0.717) is 10.5 Å². The molecule has 114 valence electrons. The first-order chi connectivity index (χ1) is 10.4. The van der Waals surface area contributed by atoms with Gasteiger partial charge in [0.25, 0.3) is 0 Å². The van der Waals surface area contributed by atoms with E-state index in [2.05, 4.69) is 30.9 Å². The summed E-state index contributed by atoms with van der Waals surface area (Å²) in [5.41, 5.74) is 3.14. The number of nitrogens with zero attached hydrogens (tertiary/aromatic N) is 1. The summed E-state index contributed by atoms with van der Waals surface area (Å²) >= 11 is 1.45. The SMILES string of the molecule is CCSc1c(/C=C2\N(C)c3ccccc3C2(C)C)c(=O)c1=O. The van der Waals surface area contributed by atoms with E-state index in [0.717, 1.165) is 17.1 Å². The summed E-state index contributed by atoms with van der Waals surface area (Å²) in [6.07, 6.45) is 1.90. The van der Waals surface area contributed by atoms with Crippen LogP contribution in [0.3, 0.4) is 0 Å². The lowest BCUT2D eigenvalue weighted by atomic mass is 9.83. The Morgan fingerprint density at radius 1 is 1.18 bits per heavy atom. The second-order valence-corrected chi connectivity index (χ2v) is 7.34. The minimum atomic E-state index is -0.358. The molecule has 0 saturated carbocycles. The molecular formula is C18H19NO2S. The fourth-order valence-corrected chi connectivity index (χ4v) is 4.02. The first-order valence-corrected chi connectivity index (χ1v) is 8.39. The topological polar surface area (TPSA) is 37.4 Å². The van der Waals surface area contributed by atoms with Crippen molar-refractivity contribution < 1.29 is 0 Å². The molecule has 0 spiro atoms. The highest BCUT2D eigenvalue weighted by Gasteiger charge is 2.38. The number of likely N-dealkylation sites (N-methyl/N-ethyl adjacent to an activating group) is 1. The third-order valence-electron chi connectivity index (χ3n) is 4.41. The van der Waals surface area contributed by atoms with Crippen molar-refractivity contribution in [3.63, 3.8) is 0 Å². The molecule has 0 N–H and O–H groups in total. The summed E-state index contributed by atoms with van der Waals surface area (Å²) in [5.74, 6) is 0.792. The molecule has 0 aliphatic carbocycles. The zero-order chi connectivity index (χ0) is 16.1. The van der Waals surface area contributed by atoms with Crippen LogP contribution in [0.15, 0.2) is 44.4 Å². The highest BCUT2D eigenvalue weighted by Crippen LogP contribution is 2.47. The number of thioether (sulfide) groups is 1. The molecule has 1 aliphatic heterocycles. The first kappa shape index (κ1) is 15.1. The van der Waals surface area contributed by atoms with Crippen LogP contribution in [0.5, 0.6) is 0 Å². The monoisotopic (exact) mass is 313 g/mol. The number of anilines is 1. The quantitative estimate of drug-likeness (QED) is 0.644. The first-order valence-electron chi connectivity index (χ1n) is 7.41. The molecule has 0 aromatic heterocycles. The van der Waals surface area contributed by atoms with Crippen molar-refractivity contribution in [3.8, 4) is 0 Å². The Labute approximate surface area is 134 Å². The van der Waals surface area contributed by atoms with Gasteiger partial charge in [-0.25, -0.2) is 0 Å². The lowest BCUT2D eigenvalue weighted by Crippen LogP contribution is -2.36. The molecule has 2 aromatic rings. The molecule has 0 bridgehead atoms. The Bertz CT molecular complexity index is 841. The van der Waals surface area contributed by atoms with Crippen molar-refractivity contribution in [1.82, 2.24) is 0 Å². The van der Waals surface area contributed by atoms with Crippen molar-refractivity contribution in [2.24, 2.45) is 0 Å². The largest absolute Gasteiger partial charge is 0.347 e. The molecule has 3 rings (SSSR count). The van der Waals surface area contributed by atoms with Gasteiger partial charge in [0.2, 0.25) is 10.9 Å². The van der Waals surface area contributed by atoms with Gasteiger partial charge in [-0.05, 0) is 23.5 Å². The summed E-state index contributed by atoms with van der Waals surface area (Å²) < 4.78 is 0. The van der Waals surface area contributed by atoms with Gasteiger partial charge in [0.05, 0.1) is 4.90 Å². The molecule has 0 unspecified atom stereocenters. The minimum absolute atomic E-state index is 0.181. The Balaban J connectivity index is 2.13. The molecule has 1 aliphatic rings.